The molecule has 0 saturated carbocycles. The Morgan fingerprint density at radius 1 is 1.21 bits per heavy atom. The molecule has 2 aromatic rings. The van der Waals surface area contributed by atoms with Gasteiger partial charge in [-0.05, 0) is 31.9 Å². The average molecular weight is 330 g/mol. The molecular formula is C18H22N2O4. The van der Waals surface area contributed by atoms with Crippen molar-refractivity contribution in [1.29, 1.82) is 0 Å². The van der Waals surface area contributed by atoms with Crippen LogP contribution in [0.2, 0.25) is 0 Å². The molecule has 0 aliphatic carbocycles. The standard InChI is InChI=1S/C18H22N2O4/c1-11(2)12(3)19-15(21)10-23-18(22)16-13(4)24-17(20-16)14-8-6-5-7-9-14/h5-9,11-12H,10H2,1-4H3,(H,19,21). The maximum Gasteiger partial charge on any atom is 0.361 e. The number of nitrogens with one attached hydrogen (secondary N) is 1. The van der Waals surface area contributed by atoms with E-state index in [2.05, 4.69) is 10.3 Å². The minimum absolute atomic E-state index is 0.00896. The first kappa shape index (κ1) is 17.7. The van der Waals surface area contributed by atoms with Gasteiger partial charge in [0, 0.05) is 11.6 Å². The summed E-state index contributed by atoms with van der Waals surface area (Å²) in [6, 6.07) is 9.27. The van der Waals surface area contributed by atoms with Crippen LogP contribution in [0.4, 0.5) is 0 Å². The second-order valence-electron chi connectivity index (χ2n) is 5.97. The zero-order valence-electron chi connectivity index (χ0n) is 14.3. The van der Waals surface area contributed by atoms with Gasteiger partial charge in [-0.15, -0.1) is 0 Å². The Kier molecular flexibility index (Phi) is 5.73. The van der Waals surface area contributed by atoms with Crippen molar-refractivity contribution < 1.29 is 18.7 Å². The second-order valence-corrected chi connectivity index (χ2v) is 5.97. The van der Waals surface area contributed by atoms with Crippen LogP contribution in [0.25, 0.3) is 11.5 Å². The summed E-state index contributed by atoms with van der Waals surface area (Å²) in [5, 5.41) is 2.77. The number of nitrogens with zero attached hydrogens (tertiary/aromatic N) is 1. The van der Waals surface area contributed by atoms with Crippen LogP contribution >= 0.6 is 0 Å². The van der Waals surface area contributed by atoms with Crippen molar-refractivity contribution >= 4 is 11.9 Å². The summed E-state index contributed by atoms with van der Waals surface area (Å²) in [6.07, 6.45) is 0. The molecule has 6 nitrogen and oxygen atoms in total. The van der Waals surface area contributed by atoms with Crippen molar-refractivity contribution in [3.63, 3.8) is 0 Å². The van der Waals surface area contributed by atoms with Crippen LogP contribution in [0.3, 0.4) is 0 Å². The Balaban J connectivity index is 1.98. The van der Waals surface area contributed by atoms with Gasteiger partial charge in [0.25, 0.3) is 5.91 Å². The van der Waals surface area contributed by atoms with E-state index in [4.69, 9.17) is 9.15 Å². The highest BCUT2D eigenvalue weighted by atomic mass is 16.5. The van der Waals surface area contributed by atoms with E-state index in [-0.39, 0.29) is 24.2 Å². The van der Waals surface area contributed by atoms with Crippen LogP contribution in [0.1, 0.15) is 37.0 Å². The first-order valence-corrected chi connectivity index (χ1v) is 7.87. The molecule has 0 fully saturated rings. The van der Waals surface area contributed by atoms with Crippen molar-refractivity contribution in [2.45, 2.75) is 33.7 Å². The third-order valence-corrected chi connectivity index (χ3v) is 3.73. The Hall–Kier alpha value is -2.63. The first-order chi connectivity index (χ1) is 11.4. The number of carbonyl (C=O) groups excluding carboxylic acids is 2. The molecule has 1 atom stereocenters. The molecule has 0 radical (unpaired) electrons. The lowest BCUT2D eigenvalue weighted by Gasteiger charge is -2.17. The Morgan fingerprint density at radius 3 is 2.50 bits per heavy atom. The highest BCUT2D eigenvalue weighted by Crippen LogP contribution is 2.21. The third kappa shape index (κ3) is 4.44. The minimum Gasteiger partial charge on any atom is -0.451 e. The topological polar surface area (TPSA) is 81.4 Å². The van der Waals surface area contributed by atoms with Gasteiger partial charge in [0.15, 0.2) is 12.3 Å². The molecule has 1 heterocycles. The Morgan fingerprint density at radius 2 is 1.88 bits per heavy atom. The van der Waals surface area contributed by atoms with E-state index in [0.717, 1.165) is 5.56 Å². The predicted octanol–water partition coefficient (Wildman–Crippen LogP) is 2.97. The van der Waals surface area contributed by atoms with Crippen LogP contribution in [0.15, 0.2) is 34.7 Å². The van der Waals surface area contributed by atoms with E-state index in [1.54, 1.807) is 6.92 Å². The van der Waals surface area contributed by atoms with E-state index < -0.39 is 5.97 Å². The molecular weight excluding hydrogens is 308 g/mol. The first-order valence-electron chi connectivity index (χ1n) is 7.87. The van der Waals surface area contributed by atoms with Gasteiger partial charge in [-0.25, -0.2) is 9.78 Å². The van der Waals surface area contributed by atoms with E-state index in [9.17, 15) is 9.59 Å². The number of oxazole rings is 1. The lowest BCUT2D eigenvalue weighted by atomic mass is 10.1. The van der Waals surface area contributed by atoms with Crippen LogP contribution in [-0.2, 0) is 9.53 Å². The fourth-order valence-electron chi connectivity index (χ4n) is 1.95. The van der Waals surface area contributed by atoms with E-state index in [0.29, 0.717) is 17.6 Å². The molecule has 2 rings (SSSR count). The minimum atomic E-state index is -0.675. The van der Waals surface area contributed by atoms with Gasteiger partial charge in [0.05, 0.1) is 0 Å². The maximum absolute atomic E-state index is 12.1. The van der Waals surface area contributed by atoms with E-state index in [1.807, 2.05) is 51.1 Å². The number of carbonyl (C=O) groups is 2. The number of esters is 1. The Bertz CT molecular complexity index is 707. The number of aromatic nitrogens is 1. The largest absolute Gasteiger partial charge is 0.451 e. The number of hydrogen-bond donors (Lipinski definition) is 1. The monoisotopic (exact) mass is 330 g/mol. The summed E-state index contributed by atoms with van der Waals surface area (Å²) in [6.45, 7) is 7.19. The summed E-state index contributed by atoms with van der Waals surface area (Å²) in [4.78, 5) is 28.1. The van der Waals surface area contributed by atoms with Crippen molar-refractivity contribution in [3.8, 4) is 11.5 Å². The van der Waals surface area contributed by atoms with Gasteiger partial charge in [0.1, 0.15) is 5.76 Å². The average Bonchev–Trinajstić information content (AvgIpc) is 2.95. The maximum atomic E-state index is 12.1. The second kappa shape index (κ2) is 7.77. The molecule has 0 bridgehead atoms. The number of hydrogen-bond acceptors (Lipinski definition) is 5. The lowest BCUT2D eigenvalue weighted by Crippen LogP contribution is -2.38. The van der Waals surface area contributed by atoms with E-state index in [1.165, 1.54) is 0 Å². The van der Waals surface area contributed by atoms with Crippen molar-refractivity contribution in [2.24, 2.45) is 5.92 Å². The molecule has 0 aliphatic heterocycles. The predicted molar refractivity (Wildman–Crippen MR) is 89.4 cm³/mol. The summed E-state index contributed by atoms with van der Waals surface area (Å²) in [5.41, 5.74) is 0.849. The fourth-order valence-corrected chi connectivity index (χ4v) is 1.95. The smallest absolute Gasteiger partial charge is 0.361 e. The van der Waals surface area contributed by atoms with Gasteiger partial charge in [-0.1, -0.05) is 32.0 Å². The van der Waals surface area contributed by atoms with Crippen molar-refractivity contribution in [2.75, 3.05) is 6.61 Å². The zero-order chi connectivity index (χ0) is 17.7. The number of aryl methyl sites for hydroxylation is 1. The molecule has 0 saturated heterocycles. The lowest BCUT2D eigenvalue weighted by molar-refractivity contribution is -0.125. The molecule has 1 aromatic heterocycles. The molecule has 128 valence electrons. The molecule has 1 N–H and O–H groups in total. The van der Waals surface area contributed by atoms with Gasteiger partial charge >= 0.3 is 5.97 Å². The Labute approximate surface area is 141 Å². The van der Waals surface area contributed by atoms with Crippen LogP contribution < -0.4 is 5.32 Å². The summed E-state index contributed by atoms with van der Waals surface area (Å²) < 4.78 is 10.5. The molecule has 1 amide bonds. The molecule has 1 unspecified atom stereocenters. The van der Waals surface area contributed by atoms with Crippen LogP contribution in [0, 0.1) is 12.8 Å². The number of amides is 1. The highest BCUT2D eigenvalue weighted by Gasteiger charge is 2.21. The molecule has 1 aromatic carbocycles. The zero-order valence-corrected chi connectivity index (χ0v) is 14.3. The molecule has 0 spiro atoms. The summed E-state index contributed by atoms with van der Waals surface area (Å²) >= 11 is 0. The van der Waals surface area contributed by atoms with Crippen LogP contribution in [-0.4, -0.2) is 29.5 Å². The quantitative estimate of drug-likeness (QED) is 0.824. The summed E-state index contributed by atoms with van der Waals surface area (Å²) in [5.74, 6) is -0.0108. The van der Waals surface area contributed by atoms with E-state index >= 15 is 0 Å². The van der Waals surface area contributed by atoms with Gasteiger partial charge < -0.3 is 14.5 Å². The molecule has 6 heteroatoms. The molecule has 24 heavy (non-hydrogen) atoms. The number of ether oxygens (including phenoxy) is 1. The number of rotatable bonds is 6. The van der Waals surface area contributed by atoms with Gasteiger partial charge in [0.2, 0.25) is 5.89 Å². The van der Waals surface area contributed by atoms with Crippen molar-refractivity contribution in [1.82, 2.24) is 10.3 Å². The van der Waals surface area contributed by atoms with Gasteiger partial charge in [-0.3, -0.25) is 4.79 Å². The highest BCUT2D eigenvalue weighted by molar-refractivity contribution is 5.90. The third-order valence-electron chi connectivity index (χ3n) is 3.73. The van der Waals surface area contributed by atoms with Crippen LogP contribution in [0.5, 0.6) is 0 Å². The fraction of sp³-hybridized carbons (Fsp3) is 0.389. The summed E-state index contributed by atoms with van der Waals surface area (Å²) in [7, 11) is 0. The van der Waals surface area contributed by atoms with Gasteiger partial charge in [-0.2, -0.15) is 0 Å². The molecule has 0 aliphatic rings. The SMILES string of the molecule is Cc1oc(-c2ccccc2)nc1C(=O)OCC(=O)NC(C)C(C)C. The van der Waals surface area contributed by atoms with Crippen molar-refractivity contribution in [3.05, 3.63) is 41.8 Å². The number of benzene rings is 1. The normalized spacial score (nSPS) is 12.0.